The number of aliphatic hydroxyl groups is 1. The number of hydrogen-bond donors (Lipinski definition) is 1. The monoisotopic (exact) mass is 319 g/mol. The molecule has 1 aromatic carbocycles. The zero-order valence-electron chi connectivity index (χ0n) is 11.5. The highest BCUT2D eigenvalue weighted by atomic mass is 35.5. The van der Waals surface area contributed by atoms with Crippen molar-refractivity contribution in [3.05, 3.63) is 28.3 Å². The lowest BCUT2D eigenvalue weighted by molar-refractivity contribution is 0.0102. The van der Waals surface area contributed by atoms with Crippen LogP contribution in [0.5, 0.6) is 0 Å². The lowest BCUT2D eigenvalue weighted by atomic mass is 10.1. The number of sulfonamides is 1. The average Bonchev–Trinajstić information content (AvgIpc) is 2.40. The topological polar surface area (TPSA) is 66.8 Å². The van der Waals surface area contributed by atoms with E-state index in [1.165, 1.54) is 10.4 Å². The van der Waals surface area contributed by atoms with Crippen LogP contribution in [0.25, 0.3) is 0 Å². The SMILES string of the molecule is Cc1c(CO)cc(Cl)cc1S(=O)(=O)N1CCOC(C)C1. The summed E-state index contributed by atoms with van der Waals surface area (Å²) in [5.41, 5.74) is 1.06. The van der Waals surface area contributed by atoms with Gasteiger partial charge in [-0.2, -0.15) is 4.31 Å². The standard InChI is InChI=1S/C13H18ClNO4S/c1-9-7-15(3-4-19-9)20(17,18)13-6-12(14)5-11(8-16)10(13)2/h5-6,9,16H,3-4,7-8H2,1-2H3. The molecule has 0 bridgehead atoms. The van der Waals surface area contributed by atoms with E-state index >= 15 is 0 Å². The molecule has 1 saturated heterocycles. The molecule has 0 saturated carbocycles. The Labute approximate surface area is 124 Å². The molecule has 1 unspecified atom stereocenters. The maximum atomic E-state index is 12.7. The predicted octanol–water partition coefficient (Wildman–Crippen LogP) is 1.55. The highest BCUT2D eigenvalue weighted by Gasteiger charge is 2.31. The van der Waals surface area contributed by atoms with Gasteiger partial charge in [-0.25, -0.2) is 8.42 Å². The fourth-order valence-electron chi connectivity index (χ4n) is 2.28. The molecule has 0 aromatic heterocycles. The molecular formula is C13H18ClNO4S. The summed E-state index contributed by atoms with van der Waals surface area (Å²) in [4.78, 5) is 0.156. The summed E-state index contributed by atoms with van der Waals surface area (Å²) in [6, 6.07) is 3.02. The Hall–Kier alpha value is -0.660. The maximum Gasteiger partial charge on any atom is 0.243 e. The van der Waals surface area contributed by atoms with Crippen LogP contribution in [0.3, 0.4) is 0 Å². The Bertz CT molecular complexity index is 603. The quantitative estimate of drug-likeness (QED) is 0.918. The highest BCUT2D eigenvalue weighted by molar-refractivity contribution is 7.89. The third kappa shape index (κ3) is 2.99. The number of ether oxygens (including phenoxy) is 1. The van der Waals surface area contributed by atoms with E-state index in [0.717, 1.165) is 0 Å². The number of morpholine rings is 1. The van der Waals surface area contributed by atoms with Crippen molar-refractivity contribution in [3.63, 3.8) is 0 Å². The van der Waals surface area contributed by atoms with Crippen molar-refractivity contribution in [3.8, 4) is 0 Å². The average molecular weight is 320 g/mol. The molecule has 1 aromatic rings. The summed E-state index contributed by atoms with van der Waals surface area (Å²) in [5.74, 6) is 0. The van der Waals surface area contributed by atoms with Gasteiger partial charge in [0.1, 0.15) is 0 Å². The molecule has 1 N–H and O–H groups in total. The normalized spacial score (nSPS) is 21.1. The first-order valence-corrected chi connectivity index (χ1v) is 8.19. The van der Waals surface area contributed by atoms with Crippen LogP contribution in [-0.4, -0.2) is 43.6 Å². The first-order chi connectivity index (χ1) is 9.36. The fourth-order valence-corrected chi connectivity index (χ4v) is 4.38. The number of benzene rings is 1. The summed E-state index contributed by atoms with van der Waals surface area (Å²) in [5, 5.41) is 9.60. The van der Waals surface area contributed by atoms with E-state index in [-0.39, 0.29) is 17.6 Å². The molecule has 2 rings (SSSR count). The zero-order valence-corrected chi connectivity index (χ0v) is 13.0. The van der Waals surface area contributed by atoms with Gasteiger partial charge in [0.2, 0.25) is 10.0 Å². The summed E-state index contributed by atoms with van der Waals surface area (Å²) in [6.45, 7) is 4.31. The minimum Gasteiger partial charge on any atom is -0.392 e. The third-order valence-electron chi connectivity index (χ3n) is 3.42. The molecule has 112 valence electrons. The van der Waals surface area contributed by atoms with Crippen LogP contribution in [0, 0.1) is 6.92 Å². The molecule has 1 heterocycles. The van der Waals surface area contributed by atoms with Gasteiger partial charge in [0.05, 0.1) is 24.2 Å². The molecular weight excluding hydrogens is 302 g/mol. The summed E-state index contributed by atoms with van der Waals surface area (Å²) in [7, 11) is -3.62. The van der Waals surface area contributed by atoms with E-state index in [4.69, 9.17) is 16.3 Å². The van der Waals surface area contributed by atoms with Crippen molar-refractivity contribution in [2.45, 2.75) is 31.5 Å². The molecule has 0 aliphatic carbocycles. The molecule has 5 nitrogen and oxygen atoms in total. The Morgan fingerprint density at radius 1 is 1.50 bits per heavy atom. The number of halogens is 1. The summed E-state index contributed by atoms with van der Waals surface area (Å²) < 4.78 is 32.2. The Balaban J connectivity index is 2.46. The van der Waals surface area contributed by atoms with Crippen LogP contribution >= 0.6 is 11.6 Å². The van der Waals surface area contributed by atoms with Crippen molar-refractivity contribution < 1.29 is 18.3 Å². The van der Waals surface area contributed by atoms with E-state index in [1.54, 1.807) is 13.0 Å². The van der Waals surface area contributed by atoms with Gasteiger partial charge >= 0.3 is 0 Å². The first-order valence-electron chi connectivity index (χ1n) is 6.38. The second-order valence-corrected chi connectivity index (χ2v) is 7.23. The molecule has 1 fully saturated rings. The molecule has 1 atom stereocenters. The molecule has 7 heteroatoms. The Kier molecular flexibility index (Phi) is 4.71. The Morgan fingerprint density at radius 2 is 2.20 bits per heavy atom. The van der Waals surface area contributed by atoms with Crippen LogP contribution in [0.2, 0.25) is 5.02 Å². The number of nitrogens with zero attached hydrogens (tertiary/aromatic N) is 1. The molecule has 20 heavy (non-hydrogen) atoms. The van der Waals surface area contributed by atoms with Gasteiger partial charge in [-0.15, -0.1) is 0 Å². The van der Waals surface area contributed by atoms with Gasteiger partial charge in [-0.3, -0.25) is 0 Å². The number of rotatable bonds is 3. The first kappa shape index (κ1) is 15.7. The van der Waals surface area contributed by atoms with Crippen LogP contribution in [0.4, 0.5) is 0 Å². The van der Waals surface area contributed by atoms with Crippen molar-refractivity contribution in [2.24, 2.45) is 0 Å². The van der Waals surface area contributed by atoms with E-state index < -0.39 is 10.0 Å². The van der Waals surface area contributed by atoms with Crippen LogP contribution in [0.1, 0.15) is 18.1 Å². The van der Waals surface area contributed by atoms with E-state index in [0.29, 0.717) is 35.8 Å². The highest BCUT2D eigenvalue weighted by Crippen LogP contribution is 2.28. The molecule has 0 radical (unpaired) electrons. The van der Waals surface area contributed by atoms with Gasteiger partial charge in [0.25, 0.3) is 0 Å². The zero-order chi connectivity index (χ0) is 14.9. The molecule has 0 spiro atoms. The lowest BCUT2D eigenvalue weighted by Crippen LogP contribution is -2.44. The van der Waals surface area contributed by atoms with E-state index in [2.05, 4.69) is 0 Å². The van der Waals surface area contributed by atoms with E-state index in [9.17, 15) is 13.5 Å². The maximum absolute atomic E-state index is 12.7. The minimum absolute atomic E-state index is 0.129. The second kappa shape index (κ2) is 5.99. The Morgan fingerprint density at radius 3 is 2.80 bits per heavy atom. The van der Waals surface area contributed by atoms with Crippen LogP contribution in [-0.2, 0) is 21.4 Å². The van der Waals surface area contributed by atoms with E-state index in [1.807, 2.05) is 6.92 Å². The fraction of sp³-hybridized carbons (Fsp3) is 0.538. The third-order valence-corrected chi connectivity index (χ3v) is 5.63. The van der Waals surface area contributed by atoms with Gasteiger partial charge in [-0.05, 0) is 37.1 Å². The van der Waals surface area contributed by atoms with Gasteiger partial charge in [0, 0.05) is 18.1 Å². The van der Waals surface area contributed by atoms with Crippen molar-refractivity contribution >= 4 is 21.6 Å². The molecule has 1 aliphatic rings. The summed E-state index contributed by atoms with van der Waals surface area (Å²) >= 11 is 5.96. The van der Waals surface area contributed by atoms with Crippen molar-refractivity contribution in [1.82, 2.24) is 4.31 Å². The van der Waals surface area contributed by atoms with Crippen molar-refractivity contribution in [2.75, 3.05) is 19.7 Å². The van der Waals surface area contributed by atoms with Gasteiger partial charge in [0.15, 0.2) is 0 Å². The minimum atomic E-state index is -3.62. The number of aliphatic hydroxyl groups excluding tert-OH is 1. The lowest BCUT2D eigenvalue weighted by Gasteiger charge is -2.31. The smallest absolute Gasteiger partial charge is 0.243 e. The largest absolute Gasteiger partial charge is 0.392 e. The molecule has 1 aliphatic heterocycles. The second-order valence-electron chi connectivity index (χ2n) is 4.89. The van der Waals surface area contributed by atoms with Gasteiger partial charge < -0.3 is 9.84 Å². The van der Waals surface area contributed by atoms with Gasteiger partial charge in [-0.1, -0.05) is 11.6 Å². The van der Waals surface area contributed by atoms with Crippen LogP contribution < -0.4 is 0 Å². The predicted molar refractivity (Wildman–Crippen MR) is 76.3 cm³/mol. The number of hydrogen-bond acceptors (Lipinski definition) is 4. The molecule has 0 amide bonds. The summed E-state index contributed by atoms with van der Waals surface area (Å²) in [6.07, 6.45) is -0.129. The van der Waals surface area contributed by atoms with Crippen molar-refractivity contribution in [1.29, 1.82) is 0 Å². The van der Waals surface area contributed by atoms with Crippen LogP contribution in [0.15, 0.2) is 17.0 Å².